The Balaban J connectivity index is 1.56. The van der Waals surface area contributed by atoms with Crippen LogP contribution in [0.4, 0.5) is 4.39 Å². The number of nitrogens with zero attached hydrogens (tertiary/aromatic N) is 3. The lowest BCUT2D eigenvalue weighted by atomic mass is 9.57. The van der Waals surface area contributed by atoms with Crippen LogP contribution in [0.5, 0.6) is 0 Å². The number of halogens is 1. The molecule has 1 aliphatic carbocycles. The number of rotatable bonds is 3. The van der Waals surface area contributed by atoms with Gasteiger partial charge in [-0.1, -0.05) is 12.5 Å². The van der Waals surface area contributed by atoms with Crippen LogP contribution >= 0.6 is 0 Å². The zero-order valence-corrected chi connectivity index (χ0v) is 17.3. The topological polar surface area (TPSA) is 50.9 Å². The lowest BCUT2D eigenvalue weighted by Crippen LogP contribution is -2.48. The molecular weight excluding hydrogens is 377 g/mol. The Morgan fingerprint density at radius 1 is 1.17 bits per heavy atom. The number of aromatic nitrogens is 3. The van der Waals surface area contributed by atoms with Gasteiger partial charge in [-0.15, -0.1) is 0 Å². The number of fused-ring (bicyclic) bond motifs is 2. The van der Waals surface area contributed by atoms with E-state index >= 15 is 0 Å². The van der Waals surface area contributed by atoms with Crippen molar-refractivity contribution in [2.24, 2.45) is 11.3 Å². The third-order valence-electron chi connectivity index (χ3n) is 7.19. The molecule has 1 aliphatic heterocycles. The highest BCUT2D eigenvalue weighted by atomic mass is 19.1. The van der Waals surface area contributed by atoms with Crippen molar-refractivity contribution in [1.29, 1.82) is 0 Å². The van der Waals surface area contributed by atoms with Gasteiger partial charge in [0.2, 0.25) is 0 Å². The van der Waals surface area contributed by atoms with Crippen LogP contribution in [-0.2, 0) is 12.1 Å². The van der Waals surface area contributed by atoms with Crippen LogP contribution in [0.15, 0.2) is 60.7 Å². The summed E-state index contributed by atoms with van der Waals surface area (Å²) < 4.78 is 15.6. The van der Waals surface area contributed by atoms with E-state index < -0.39 is 5.60 Å². The van der Waals surface area contributed by atoms with E-state index in [1.54, 1.807) is 24.5 Å². The summed E-state index contributed by atoms with van der Waals surface area (Å²) in [5.74, 6) is -0.163. The first kappa shape index (κ1) is 19.2. The van der Waals surface area contributed by atoms with Gasteiger partial charge >= 0.3 is 0 Å². The average molecular weight is 404 g/mol. The lowest BCUT2D eigenvalue weighted by Gasteiger charge is -2.51. The maximum Gasteiger partial charge on any atom is 0.123 e. The maximum absolute atomic E-state index is 13.4. The Bertz CT molecular complexity index is 1100. The Hall–Kier alpha value is -2.79. The molecule has 5 rings (SSSR count). The summed E-state index contributed by atoms with van der Waals surface area (Å²) in [4.78, 5) is 8.77. The van der Waals surface area contributed by atoms with E-state index in [-0.39, 0.29) is 17.2 Å². The first-order valence-electron chi connectivity index (χ1n) is 10.5. The Morgan fingerprint density at radius 3 is 2.63 bits per heavy atom. The van der Waals surface area contributed by atoms with Gasteiger partial charge in [0.25, 0.3) is 0 Å². The molecule has 1 saturated carbocycles. The Morgan fingerprint density at radius 2 is 1.90 bits per heavy atom. The van der Waals surface area contributed by atoms with Gasteiger partial charge in [-0.05, 0) is 74.2 Å². The largest absolute Gasteiger partial charge is 0.385 e. The molecule has 3 heterocycles. The van der Waals surface area contributed by atoms with E-state index in [9.17, 15) is 9.50 Å². The SMILES string of the molecule is C[C@]12Cn3cnc(-c4ccc(F)cc4)c3C=C1CCCC2[C@](C)(O)c1ccncc1. The molecule has 1 fully saturated rings. The predicted octanol–water partition coefficient (Wildman–Crippen LogP) is 5.20. The summed E-state index contributed by atoms with van der Waals surface area (Å²) in [5.41, 5.74) is 4.03. The third-order valence-corrected chi connectivity index (χ3v) is 7.19. The fraction of sp³-hybridized carbons (Fsp3) is 0.360. The summed E-state index contributed by atoms with van der Waals surface area (Å²) >= 11 is 0. The number of pyridine rings is 1. The Kier molecular flexibility index (Phi) is 4.40. The van der Waals surface area contributed by atoms with Crippen LogP contribution in [0.1, 0.15) is 44.4 Å². The van der Waals surface area contributed by atoms with Gasteiger partial charge in [0.15, 0.2) is 0 Å². The summed E-state index contributed by atoms with van der Waals surface area (Å²) in [5, 5.41) is 11.7. The average Bonchev–Trinajstić information content (AvgIpc) is 3.14. The number of aliphatic hydroxyl groups is 1. The molecule has 3 aromatic rings. The minimum Gasteiger partial charge on any atom is -0.385 e. The lowest BCUT2D eigenvalue weighted by molar-refractivity contribution is -0.0713. The molecule has 0 amide bonds. The van der Waals surface area contributed by atoms with Crippen molar-refractivity contribution < 1.29 is 9.50 Å². The van der Waals surface area contributed by atoms with Gasteiger partial charge < -0.3 is 9.67 Å². The van der Waals surface area contributed by atoms with E-state index in [0.717, 1.165) is 48.3 Å². The van der Waals surface area contributed by atoms with Crippen molar-refractivity contribution in [2.45, 2.75) is 45.3 Å². The molecule has 0 bridgehead atoms. The van der Waals surface area contributed by atoms with E-state index in [1.807, 2.05) is 25.4 Å². The normalized spacial score (nSPS) is 25.1. The highest BCUT2D eigenvalue weighted by Crippen LogP contribution is 2.55. The molecule has 2 aliphatic rings. The zero-order valence-electron chi connectivity index (χ0n) is 17.3. The van der Waals surface area contributed by atoms with E-state index in [2.05, 4.69) is 27.5 Å². The fourth-order valence-corrected chi connectivity index (χ4v) is 5.58. The monoisotopic (exact) mass is 403 g/mol. The fourth-order valence-electron chi connectivity index (χ4n) is 5.58. The molecule has 0 saturated heterocycles. The highest BCUT2D eigenvalue weighted by Gasteiger charge is 2.51. The van der Waals surface area contributed by atoms with Crippen LogP contribution in [0, 0.1) is 17.2 Å². The predicted molar refractivity (Wildman–Crippen MR) is 115 cm³/mol. The van der Waals surface area contributed by atoms with E-state index in [1.165, 1.54) is 17.7 Å². The van der Waals surface area contributed by atoms with Gasteiger partial charge in [0.1, 0.15) is 5.82 Å². The second kappa shape index (κ2) is 6.88. The van der Waals surface area contributed by atoms with Crippen molar-refractivity contribution >= 4 is 6.08 Å². The van der Waals surface area contributed by atoms with Gasteiger partial charge in [-0.3, -0.25) is 4.98 Å². The standard InChI is InChI=1S/C25H26FN3O/c1-24-15-29-16-28-23(17-6-8-20(26)9-7-17)21(29)14-19(24)4-3-5-22(24)25(2,30)18-10-12-27-13-11-18/h6-14,16,22,30H,3-5,15H2,1-2H3/t22?,24-,25+/m0/s1. The second-order valence-corrected chi connectivity index (χ2v) is 9.03. The highest BCUT2D eigenvalue weighted by molar-refractivity contribution is 5.72. The van der Waals surface area contributed by atoms with Gasteiger partial charge in [-0.2, -0.15) is 0 Å². The molecule has 3 atom stereocenters. The summed E-state index contributed by atoms with van der Waals surface area (Å²) in [7, 11) is 0. The quantitative estimate of drug-likeness (QED) is 0.654. The van der Waals surface area contributed by atoms with Crippen molar-refractivity contribution in [1.82, 2.24) is 14.5 Å². The van der Waals surface area contributed by atoms with E-state index in [0.29, 0.717) is 0 Å². The molecular formula is C25H26FN3O. The summed E-state index contributed by atoms with van der Waals surface area (Å²) in [6.45, 7) is 4.99. The van der Waals surface area contributed by atoms with Gasteiger partial charge in [0, 0.05) is 35.8 Å². The second-order valence-electron chi connectivity index (χ2n) is 9.03. The Labute approximate surface area is 176 Å². The third kappa shape index (κ3) is 2.91. The minimum atomic E-state index is -0.949. The molecule has 1 unspecified atom stereocenters. The smallest absolute Gasteiger partial charge is 0.123 e. The summed E-state index contributed by atoms with van der Waals surface area (Å²) in [6, 6.07) is 10.3. The molecule has 4 nitrogen and oxygen atoms in total. The van der Waals surface area contributed by atoms with Crippen molar-refractivity contribution in [3.63, 3.8) is 0 Å². The van der Waals surface area contributed by atoms with Crippen LogP contribution in [0.3, 0.4) is 0 Å². The number of imidazole rings is 1. The van der Waals surface area contributed by atoms with Crippen LogP contribution in [0.25, 0.3) is 17.3 Å². The number of hydrogen-bond acceptors (Lipinski definition) is 3. The molecule has 30 heavy (non-hydrogen) atoms. The molecule has 0 radical (unpaired) electrons. The van der Waals surface area contributed by atoms with Crippen molar-refractivity contribution in [3.05, 3.63) is 77.8 Å². The zero-order chi connectivity index (χ0) is 20.9. The molecule has 5 heteroatoms. The van der Waals surface area contributed by atoms with Gasteiger partial charge in [0.05, 0.1) is 23.3 Å². The molecule has 154 valence electrons. The van der Waals surface area contributed by atoms with Crippen LogP contribution in [-0.4, -0.2) is 19.6 Å². The minimum absolute atomic E-state index is 0.0808. The number of allylic oxidation sites excluding steroid dienone is 1. The number of benzene rings is 1. The summed E-state index contributed by atoms with van der Waals surface area (Å²) in [6.07, 6.45) is 10.7. The van der Waals surface area contributed by atoms with Crippen LogP contribution < -0.4 is 0 Å². The first-order chi connectivity index (χ1) is 14.4. The molecule has 0 spiro atoms. The van der Waals surface area contributed by atoms with Crippen molar-refractivity contribution in [2.75, 3.05) is 0 Å². The molecule has 1 aromatic carbocycles. The van der Waals surface area contributed by atoms with Gasteiger partial charge in [-0.25, -0.2) is 9.37 Å². The number of hydrogen-bond donors (Lipinski definition) is 1. The molecule has 1 N–H and O–H groups in total. The first-order valence-corrected chi connectivity index (χ1v) is 10.5. The van der Waals surface area contributed by atoms with E-state index in [4.69, 9.17) is 0 Å². The van der Waals surface area contributed by atoms with Crippen molar-refractivity contribution in [3.8, 4) is 11.3 Å². The maximum atomic E-state index is 13.4. The molecule has 2 aromatic heterocycles. The van der Waals surface area contributed by atoms with Crippen LogP contribution in [0.2, 0.25) is 0 Å².